The van der Waals surface area contributed by atoms with Gasteiger partial charge in [0, 0.05) is 37.7 Å². The van der Waals surface area contributed by atoms with Gasteiger partial charge in [-0.1, -0.05) is 30.3 Å². The standard InChI is InChI=1S/C16H26N2S/c1-2-6-16(7-3-1)8-4-5-9-17-10-11-18-12-14-19-15-13-18/h1-3,6-7,17H,4-5,8-15H2. The van der Waals surface area contributed by atoms with E-state index in [2.05, 4.69) is 52.3 Å². The van der Waals surface area contributed by atoms with Crippen molar-refractivity contribution in [1.82, 2.24) is 10.2 Å². The molecule has 1 heterocycles. The molecule has 0 saturated carbocycles. The van der Waals surface area contributed by atoms with Crippen LogP contribution in [0.15, 0.2) is 30.3 Å². The maximum absolute atomic E-state index is 3.57. The SMILES string of the molecule is c1ccc(CCCCNCCN2CCSCC2)cc1. The summed E-state index contributed by atoms with van der Waals surface area (Å²) in [5, 5.41) is 3.57. The first-order valence-corrected chi connectivity index (χ1v) is 8.65. The molecule has 1 aromatic carbocycles. The van der Waals surface area contributed by atoms with Crippen LogP contribution < -0.4 is 5.32 Å². The van der Waals surface area contributed by atoms with Crippen molar-refractivity contribution in [2.75, 3.05) is 44.2 Å². The summed E-state index contributed by atoms with van der Waals surface area (Å²) < 4.78 is 0. The van der Waals surface area contributed by atoms with E-state index in [-0.39, 0.29) is 0 Å². The Morgan fingerprint density at radius 3 is 2.58 bits per heavy atom. The van der Waals surface area contributed by atoms with E-state index in [0.717, 1.165) is 13.1 Å². The molecule has 1 saturated heterocycles. The monoisotopic (exact) mass is 278 g/mol. The van der Waals surface area contributed by atoms with Gasteiger partial charge in [0.1, 0.15) is 0 Å². The average Bonchev–Trinajstić information content (AvgIpc) is 2.48. The van der Waals surface area contributed by atoms with Gasteiger partial charge in [0.2, 0.25) is 0 Å². The van der Waals surface area contributed by atoms with Crippen LogP contribution >= 0.6 is 11.8 Å². The third-order valence-corrected chi connectivity index (χ3v) is 4.56. The Morgan fingerprint density at radius 1 is 1.00 bits per heavy atom. The minimum Gasteiger partial charge on any atom is -0.315 e. The summed E-state index contributed by atoms with van der Waals surface area (Å²) >= 11 is 2.08. The van der Waals surface area contributed by atoms with Gasteiger partial charge in [0.15, 0.2) is 0 Å². The van der Waals surface area contributed by atoms with Crippen molar-refractivity contribution in [3.63, 3.8) is 0 Å². The highest BCUT2D eigenvalue weighted by molar-refractivity contribution is 7.99. The van der Waals surface area contributed by atoms with Gasteiger partial charge in [-0.25, -0.2) is 0 Å². The molecule has 0 radical (unpaired) electrons. The molecule has 106 valence electrons. The molecule has 1 aromatic rings. The predicted octanol–water partition coefficient (Wildman–Crippen LogP) is 2.65. The lowest BCUT2D eigenvalue weighted by molar-refractivity contribution is 0.301. The van der Waals surface area contributed by atoms with Crippen molar-refractivity contribution in [3.05, 3.63) is 35.9 Å². The summed E-state index contributed by atoms with van der Waals surface area (Å²) in [6.45, 7) is 6.09. The Morgan fingerprint density at radius 2 is 1.79 bits per heavy atom. The zero-order chi connectivity index (χ0) is 13.2. The van der Waals surface area contributed by atoms with Crippen LogP contribution in [-0.4, -0.2) is 49.1 Å². The highest BCUT2D eigenvalue weighted by Gasteiger charge is 2.08. The van der Waals surface area contributed by atoms with Crippen LogP contribution in [0.4, 0.5) is 0 Å². The van der Waals surface area contributed by atoms with Crippen LogP contribution in [0.25, 0.3) is 0 Å². The lowest BCUT2D eigenvalue weighted by atomic mass is 10.1. The van der Waals surface area contributed by atoms with Crippen LogP contribution in [0.2, 0.25) is 0 Å². The number of nitrogens with zero attached hydrogens (tertiary/aromatic N) is 1. The van der Waals surface area contributed by atoms with Crippen molar-refractivity contribution in [1.29, 1.82) is 0 Å². The van der Waals surface area contributed by atoms with Crippen LogP contribution in [0.5, 0.6) is 0 Å². The van der Waals surface area contributed by atoms with Crippen LogP contribution in [0, 0.1) is 0 Å². The first-order chi connectivity index (χ1) is 9.45. The summed E-state index contributed by atoms with van der Waals surface area (Å²) in [5.41, 5.74) is 1.47. The van der Waals surface area contributed by atoms with Gasteiger partial charge in [0.05, 0.1) is 0 Å². The van der Waals surface area contributed by atoms with Gasteiger partial charge in [-0.05, 0) is 31.4 Å². The molecule has 1 N–H and O–H groups in total. The van der Waals surface area contributed by atoms with E-state index in [0.29, 0.717) is 0 Å². The molecule has 2 nitrogen and oxygen atoms in total. The fourth-order valence-electron chi connectivity index (χ4n) is 2.41. The number of unbranched alkanes of at least 4 members (excludes halogenated alkanes) is 1. The molecule has 0 amide bonds. The van der Waals surface area contributed by atoms with Gasteiger partial charge in [-0.3, -0.25) is 0 Å². The van der Waals surface area contributed by atoms with Gasteiger partial charge in [-0.2, -0.15) is 11.8 Å². The topological polar surface area (TPSA) is 15.3 Å². The van der Waals surface area contributed by atoms with E-state index in [1.54, 1.807) is 0 Å². The first-order valence-electron chi connectivity index (χ1n) is 7.50. The Balaban J connectivity index is 1.42. The third kappa shape index (κ3) is 6.46. The second-order valence-corrected chi connectivity index (χ2v) is 6.37. The largest absolute Gasteiger partial charge is 0.315 e. The fraction of sp³-hybridized carbons (Fsp3) is 0.625. The summed E-state index contributed by atoms with van der Waals surface area (Å²) in [6.07, 6.45) is 3.79. The van der Waals surface area contributed by atoms with Crippen molar-refractivity contribution < 1.29 is 0 Å². The molecule has 2 rings (SSSR count). The van der Waals surface area contributed by atoms with Crippen LogP contribution in [0.3, 0.4) is 0 Å². The third-order valence-electron chi connectivity index (χ3n) is 3.62. The smallest absolute Gasteiger partial charge is 0.0107 e. The molecule has 3 heteroatoms. The maximum Gasteiger partial charge on any atom is 0.0107 e. The molecule has 0 bridgehead atoms. The molecular formula is C16H26N2S. The van der Waals surface area contributed by atoms with E-state index in [9.17, 15) is 0 Å². The Labute approximate surface area is 122 Å². The second-order valence-electron chi connectivity index (χ2n) is 5.15. The molecule has 0 unspecified atom stereocenters. The lowest BCUT2D eigenvalue weighted by Gasteiger charge is -2.26. The number of nitrogens with one attached hydrogen (secondary N) is 1. The Bertz CT molecular complexity index is 323. The van der Waals surface area contributed by atoms with E-state index >= 15 is 0 Å². The normalized spacial score (nSPS) is 16.6. The molecule has 19 heavy (non-hydrogen) atoms. The van der Waals surface area contributed by atoms with Gasteiger partial charge < -0.3 is 10.2 Å². The van der Waals surface area contributed by atoms with Gasteiger partial charge in [-0.15, -0.1) is 0 Å². The average molecular weight is 278 g/mol. The molecule has 0 atom stereocenters. The van der Waals surface area contributed by atoms with Crippen molar-refractivity contribution in [2.45, 2.75) is 19.3 Å². The van der Waals surface area contributed by atoms with Crippen molar-refractivity contribution >= 4 is 11.8 Å². The van der Waals surface area contributed by atoms with Crippen molar-refractivity contribution in [3.8, 4) is 0 Å². The van der Waals surface area contributed by atoms with Crippen molar-refractivity contribution in [2.24, 2.45) is 0 Å². The first kappa shape index (κ1) is 14.9. The molecular weight excluding hydrogens is 252 g/mol. The quantitative estimate of drug-likeness (QED) is 0.736. The highest BCUT2D eigenvalue weighted by atomic mass is 32.2. The lowest BCUT2D eigenvalue weighted by Crippen LogP contribution is -2.37. The van der Waals surface area contributed by atoms with E-state index in [1.807, 2.05) is 0 Å². The molecule has 0 spiro atoms. The maximum atomic E-state index is 3.57. The van der Waals surface area contributed by atoms with Gasteiger partial charge >= 0.3 is 0 Å². The number of benzene rings is 1. The predicted molar refractivity (Wildman–Crippen MR) is 86.0 cm³/mol. The van der Waals surface area contributed by atoms with E-state index in [4.69, 9.17) is 0 Å². The summed E-state index contributed by atoms with van der Waals surface area (Å²) in [5.74, 6) is 2.63. The Hall–Kier alpha value is -0.510. The van der Waals surface area contributed by atoms with Crippen LogP contribution in [-0.2, 0) is 6.42 Å². The second kappa shape index (κ2) is 9.40. The molecule has 0 aromatic heterocycles. The van der Waals surface area contributed by atoms with Crippen LogP contribution in [0.1, 0.15) is 18.4 Å². The molecule has 1 aliphatic heterocycles. The number of hydrogen-bond acceptors (Lipinski definition) is 3. The fourth-order valence-corrected chi connectivity index (χ4v) is 3.39. The minimum absolute atomic E-state index is 1.15. The number of thioether (sulfide) groups is 1. The Kier molecular flexibility index (Phi) is 7.37. The van der Waals surface area contributed by atoms with E-state index in [1.165, 1.54) is 56.0 Å². The van der Waals surface area contributed by atoms with E-state index < -0.39 is 0 Å². The number of hydrogen-bond donors (Lipinski definition) is 1. The molecule has 1 fully saturated rings. The summed E-state index contributed by atoms with van der Waals surface area (Å²) in [4.78, 5) is 2.58. The molecule has 1 aliphatic rings. The van der Waals surface area contributed by atoms with Gasteiger partial charge in [0.25, 0.3) is 0 Å². The highest BCUT2D eigenvalue weighted by Crippen LogP contribution is 2.08. The summed E-state index contributed by atoms with van der Waals surface area (Å²) in [7, 11) is 0. The number of aryl methyl sites for hydroxylation is 1. The number of rotatable bonds is 8. The summed E-state index contributed by atoms with van der Waals surface area (Å²) in [6, 6.07) is 10.8. The minimum atomic E-state index is 1.15. The zero-order valence-electron chi connectivity index (χ0n) is 11.8. The molecule has 0 aliphatic carbocycles. The zero-order valence-corrected chi connectivity index (χ0v) is 12.6.